The van der Waals surface area contributed by atoms with E-state index in [9.17, 15) is 4.39 Å². The van der Waals surface area contributed by atoms with Crippen molar-refractivity contribution in [2.24, 2.45) is 0 Å². The molecule has 2 rings (SSSR count). The number of aromatic nitrogens is 1. The van der Waals surface area contributed by atoms with Gasteiger partial charge in [-0.05, 0) is 17.7 Å². The Labute approximate surface area is 85.2 Å². The zero-order valence-electron chi connectivity index (χ0n) is 7.40. The smallest absolute Gasteiger partial charge is 0.125 e. The Balaban J connectivity index is 2.25. The summed E-state index contributed by atoms with van der Waals surface area (Å²) < 4.78 is 12.7. The number of benzene rings is 1. The van der Waals surface area contributed by atoms with Gasteiger partial charge in [0.2, 0.25) is 0 Å². The van der Waals surface area contributed by atoms with E-state index in [1.807, 2.05) is 5.38 Å². The summed E-state index contributed by atoms with van der Waals surface area (Å²) in [6, 6.07) is 4.45. The van der Waals surface area contributed by atoms with E-state index in [-0.39, 0.29) is 5.82 Å². The van der Waals surface area contributed by atoms with E-state index in [0.717, 1.165) is 10.6 Å². The lowest BCUT2D eigenvalue weighted by Gasteiger charge is -2.02. The lowest BCUT2D eigenvalue weighted by Crippen LogP contribution is -1.96. The molecule has 1 aromatic carbocycles. The van der Waals surface area contributed by atoms with Crippen LogP contribution in [0.4, 0.5) is 10.1 Å². The topological polar surface area (TPSA) is 38.9 Å². The van der Waals surface area contributed by atoms with Gasteiger partial charge in [0.05, 0.1) is 5.01 Å². The highest BCUT2D eigenvalue weighted by Gasteiger charge is 2.03. The number of anilines is 1. The normalized spacial score (nSPS) is 10.4. The number of nitrogen functional groups attached to an aromatic ring is 1. The fraction of sp³-hybridized carbons (Fsp3) is 0.100. The lowest BCUT2D eigenvalue weighted by atomic mass is 10.1. The van der Waals surface area contributed by atoms with Crippen LogP contribution in [0, 0.1) is 5.82 Å². The molecule has 4 heteroatoms. The molecule has 0 unspecified atom stereocenters. The summed E-state index contributed by atoms with van der Waals surface area (Å²) in [7, 11) is 0. The van der Waals surface area contributed by atoms with Gasteiger partial charge in [0.1, 0.15) is 5.82 Å². The van der Waals surface area contributed by atoms with Crippen molar-refractivity contribution < 1.29 is 4.39 Å². The number of hydrogen-bond acceptors (Lipinski definition) is 3. The number of halogens is 1. The van der Waals surface area contributed by atoms with Crippen LogP contribution in [0.1, 0.15) is 10.6 Å². The highest BCUT2D eigenvalue weighted by molar-refractivity contribution is 7.09. The van der Waals surface area contributed by atoms with Crippen LogP contribution < -0.4 is 5.73 Å². The van der Waals surface area contributed by atoms with Crippen molar-refractivity contribution in [3.05, 3.63) is 46.2 Å². The Morgan fingerprint density at radius 2 is 2.29 bits per heavy atom. The van der Waals surface area contributed by atoms with Crippen molar-refractivity contribution >= 4 is 17.0 Å². The number of nitrogens with zero attached hydrogens (tertiary/aromatic N) is 1. The van der Waals surface area contributed by atoms with Gasteiger partial charge in [0.15, 0.2) is 0 Å². The molecule has 0 spiro atoms. The lowest BCUT2D eigenvalue weighted by molar-refractivity contribution is 0.628. The average Bonchev–Trinajstić information content (AvgIpc) is 2.62. The van der Waals surface area contributed by atoms with Gasteiger partial charge in [-0.2, -0.15) is 0 Å². The molecule has 2 N–H and O–H groups in total. The van der Waals surface area contributed by atoms with Crippen LogP contribution in [0.3, 0.4) is 0 Å². The Hall–Kier alpha value is -1.42. The van der Waals surface area contributed by atoms with Gasteiger partial charge in [0.25, 0.3) is 0 Å². The largest absolute Gasteiger partial charge is 0.398 e. The minimum absolute atomic E-state index is 0.301. The van der Waals surface area contributed by atoms with Crippen LogP contribution in [-0.2, 0) is 6.42 Å². The number of nitrogens with two attached hydrogens (primary N) is 1. The number of rotatable bonds is 2. The number of thiazole rings is 1. The van der Waals surface area contributed by atoms with Crippen LogP contribution in [-0.4, -0.2) is 4.98 Å². The van der Waals surface area contributed by atoms with E-state index >= 15 is 0 Å². The highest BCUT2D eigenvalue weighted by Crippen LogP contribution is 2.18. The summed E-state index contributed by atoms with van der Waals surface area (Å²) >= 11 is 1.57. The molecule has 0 aliphatic rings. The first-order valence-electron chi connectivity index (χ1n) is 4.18. The maximum Gasteiger partial charge on any atom is 0.125 e. The molecule has 2 nitrogen and oxygen atoms in total. The summed E-state index contributed by atoms with van der Waals surface area (Å²) in [5.41, 5.74) is 7.08. The molecule has 1 heterocycles. The third-order valence-corrected chi connectivity index (χ3v) is 2.71. The third kappa shape index (κ3) is 1.90. The van der Waals surface area contributed by atoms with Crippen molar-refractivity contribution in [3.63, 3.8) is 0 Å². The molecule has 0 saturated heterocycles. The summed E-state index contributed by atoms with van der Waals surface area (Å²) in [5, 5.41) is 2.90. The number of hydrogen-bond donors (Lipinski definition) is 1. The zero-order chi connectivity index (χ0) is 9.97. The van der Waals surface area contributed by atoms with Crippen molar-refractivity contribution in [2.75, 3.05) is 5.73 Å². The summed E-state index contributed by atoms with van der Waals surface area (Å²) in [5.74, 6) is -0.301. The van der Waals surface area contributed by atoms with Gasteiger partial charge in [-0.15, -0.1) is 11.3 Å². The van der Waals surface area contributed by atoms with E-state index < -0.39 is 0 Å². The van der Waals surface area contributed by atoms with Gasteiger partial charge in [-0.3, -0.25) is 0 Å². The molecule has 0 bridgehead atoms. The zero-order valence-corrected chi connectivity index (χ0v) is 8.22. The minimum Gasteiger partial charge on any atom is -0.398 e. The molecule has 0 saturated carbocycles. The predicted molar refractivity (Wildman–Crippen MR) is 55.7 cm³/mol. The molecule has 0 aliphatic carbocycles. The van der Waals surface area contributed by atoms with Crippen molar-refractivity contribution in [1.82, 2.24) is 4.98 Å². The van der Waals surface area contributed by atoms with Crippen molar-refractivity contribution in [1.29, 1.82) is 0 Å². The molecule has 0 radical (unpaired) electrons. The van der Waals surface area contributed by atoms with Crippen LogP contribution in [0.2, 0.25) is 0 Å². The molecular weight excluding hydrogens is 199 g/mol. The Morgan fingerprint density at radius 1 is 1.43 bits per heavy atom. The standard InChI is InChI=1S/C10H9FN2S/c11-8-2-1-7(9(12)6-8)5-10-13-3-4-14-10/h1-4,6H,5,12H2. The Bertz CT molecular complexity index is 426. The fourth-order valence-electron chi connectivity index (χ4n) is 1.23. The minimum atomic E-state index is -0.301. The average molecular weight is 208 g/mol. The SMILES string of the molecule is Nc1cc(F)ccc1Cc1nccs1. The van der Waals surface area contributed by atoms with E-state index in [0.29, 0.717) is 12.1 Å². The molecular formula is C10H9FN2S. The van der Waals surface area contributed by atoms with E-state index in [4.69, 9.17) is 5.73 Å². The van der Waals surface area contributed by atoms with Crippen LogP contribution in [0.15, 0.2) is 29.8 Å². The Morgan fingerprint density at radius 3 is 2.93 bits per heavy atom. The second-order valence-corrected chi connectivity index (χ2v) is 3.92. The van der Waals surface area contributed by atoms with Crippen molar-refractivity contribution in [3.8, 4) is 0 Å². The molecule has 1 aromatic heterocycles. The van der Waals surface area contributed by atoms with E-state index in [1.54, 1.807) is 23.6 Å². The van der Waals surface area contributed by atoms with E-state index in [1.165, 1.54) is 12.1 Å². The van der Waals surface area contributed by atoms with Gasteiger partial charge >= 0.3 is 0 Å². The maximum absolute atomic E-state index is 12.7. The van der Waals surface area contributed by atoms with Gasteiger partial charge in [-0.25, -0.2) is 9.37 Å². The molecule has 0 amide bonds. The third-order valence-electron chi connectivity index (χ3n) is 1.93. The molecule has 0 aliphatic heterocycles. The summed E-state index contributed by atoms with van der Waals surface area (Å²) in [6.45, 7) is 0. The van der Waals surface area contributed by atoms with Crippen LogP contribution in [0.25, 0.3) is 0 Å². The fourth-order valence-corrected chi connectivity index (χ4v) is 1.87. The Kier molecular flexibility index (Phi) is 2.45. The van der Waals surface area contributed by atoms with Gasteiger partial charge in [-0.1, -0.05) is 6.07 Å². The van der Waals surface area contributed by atoms with Gasteiger partial charge < -0.3 is 5.73 Å². The monoisotopic (exact) mass is 208 g/mol. The highest BCUT2D eigenvalue weighted by atomic mass is 32.1. The molecule has 0 fully saturated rings. The summed E-state index contributed by atoms with van der Waals surface area (Å²) in [6.07, 6.45) is 2.42. The molecule has 14 heavy (non-hydrogen) atoms. The second kappa shape index (κ2) is 3.75. The van der Waals surface area contributed by atoms with E-state index in [2.05, 4.69) is 4.98 Å². The van der Waals surface area contributed by atoms with Gasteiger partial charge in [0, 0.05) is 23.7 Å². The first-order chi connectivity index (χ1) is 6.75. The van der Waals surface area contributed by atoms with Crippen LogP contribution >= 0.6 is 11.3 Å². The quantitative estimate of drug-likeness (QED) is 0.770. The van der Waals surface area contributed by atoms with Crippen LogP contribution in [0.5, 0.6) is 0 Å². The predicted octanol–water partition coefficient (Wildman–Crippen LogP) is 2.46. The van der Waals surface area contributed by atoms with Crippen molar-refractivity contribution in [2.45, 2.75) is 6.42 Å². The first-order valence-corrected chi connectivity index (χ1v) is 5.06. The molecule has 2 aromatic rings. The molecule has 72 valence electrons. The second-order valence-electron chi connectivity index (χ2n) is 2.95. The maximum atomic E-state index is 12.7. The summed E-state index contributed by atoms with van der Waals surface area (Å²) in [4.78, 5) is 4.14. The molecule has 0 atom stereocenters. The first kappa shape index (κ1) is 9.15.